The molecule has 0 aliphatic rings. The van der Waals surface area contributed by atoms with Gasteiger partial charge in [-0.25, -0.2) is 0 Å². The van der Waals surface area contributed by atoms with Crippen molar-refractivity contribution in [1.29, 1.82) is 0 Å². The zero-order valence-electron chi connectivity index (χ0n) is 14.6. The van der Waals surface area contributed by atoms with Crippen LogP contribution in [-0.2, 0) is 0 Å². The van der Waals surface area contributed by atoms with Gasteiger partial charge in [0.15, 0.2) is 6.29 Å². The Labute approximate surface area is 168 Å². The molecule has 28 heavy (non-hydrogen) atoms. The molecule has 0 unspecified atom stereocenters. The average Bonchev–Trinajstić information content (AvgIpc) is 2.75. The standard InChI is InChI=1S/C24H13BrO3/c25-23-18-7-3-1-5-16(18)22(17-6-2-4-8-19(17)23)14-9-10-21-20(11-14)24(27)15(12-26)13-28-21/h1-13H. The van der Waals surface area contributed by atoms with Crippen molar-refractivity contribution in [2.24, 2.45) is 0 Å². The van der Waals surface area contributed by atoms with Crippen LogP contribution in [0.5, 0.6) is 0 Å². The Morgan fingerprint density at radius 3 is 2.00 bits per heavy atom. The molecule has 0 radical (unpaired) electrons. The molecule has 0 amide bonds. The second-order valence-corrected chi connectivity index (χ2v) is 7.42. The lowest BCUT2D eigenvalue weighted by atomic mass is 9.91. The van der Waals surface area contributed by atoms with Crippen LogP contribution in [-0.4, -0.2) is 6.29 Å². The van der Waals surface area contributed by atoms with E-state index in [2.05, 4.69) is 40.2 Å². The van der Waals surface area contributed by atoms with Gasteiger partial charge in [0.1, 0.15) is 11.8 Å². The molecule has 0 fully saturated rings. The van der Waals surface area contributed by atoms with Crippen molar-refractivity contribution in [3.63, 3.8) is 0 Å². The van der Waals surface area contributed by atoms with E-state index in [0.29, 0.717) is 17.3 Å². The summed E-state index contributed by atoms with van der Waals surface area (Å²) < 4.78 is 6.51. The van der Waals surface area contributed by atoms with Crippen LogP contribution in [0.15, 0.2) is 86.7 Å². The largest absolute Gasteiger partial charge is 0.463 e. The van der Waals surface area contributed by atoms with Crippen molar-refractivity contribution in [3.8, 4) is 11.1 Å². The molecule has 5 rings (SSSR count). The highest BCUT2D eigenvalue weighted by Crippen LogP contribution is 2.41. The minimum Gasteiger partial charge on any atom is -0.463 e. The molecule has 0 bridgehead atoms. The van der Waals surface area contributed by atoms with Gasteiger partial charge >= 0.3 is 0 Å². The molecule has 134 valence electrons. The highest BCUT2D eigenvalue weighted by molar-refractivity contribution is 9.10. The summed E-state index contributed by atoms with van der Waals surface area (Å²) in [6.07, 6.45) is 1.74. The maximum atomic E-state index is 12.6. The van der Waals surface area contributed by atoms with Crippen molar-refractivity contribution < 1.29 is 9.21 Å². The molecule has 0 aliphatic carbocycles. The van der Waals surface area contributed by atoms with Crippen LogP contribution >= 0.6 is 15.9 Å². The van der Waals surface area contributed by atoms with E-state index in [0.717, 1.165) is 37.1 Å². The van der Waals surface area contributed by atoms with E-state index in [1.165, 1.54) is 6.26 Å². The molecular weight excluding hydrogens is 416 g/mol. The number of carbonyl (C=O) groups is 1. The van der Waals surface area contributed by atoms with Gasteiger partial charge in [-0.1, -0.05) is 54.6 Å². The van der Waals surface area contributed by atoms with Crippen LogP contribution in [0, 0.1) is 0 Å². The van der Waals surface area contributed by atoms with Gasteiger partial charge in [-0.15, -0.1) is 0 Å². The van der Waals surface area contributed by atoms with Crippen LogP contribution in [0.2, 0.25) is 0 Å². The van der Waals surface area contributed by atoms with E-state index in [4.69, 9.17) is 4.42 Å². The average molecular weight is 429 g/mol. The molecule has 0 N–H and O–H groups in total. The Morgan fingerprint density at radius 1 is 0.786 bits per heavy atom. The first-order chi connectivity index (χ1) is 13.7. The fraction of sp³-hybridized carbons (Fsp3) is 0. The Kier molecular flexibility index (Phi) is 3.88. The van der Waals surface area contributed by atoms with Crippen LogP contribution in [0.4, 0.5) is 0 Å². The Hall–Kier alpha value is -3.24. The monoisotopic (exact) mass is 428 g/mol. The smallest absolute Gasteiger partial charge is 0.203 e. The van der Waals surface area contributed by atoms with Crippen LogP contribution in [0.25, 0.3) is 43.6 Å². The molecule has 1 heterocycles. The van der Waals surface area contributed by atoms with Gasteiger partial charge < -0.3 is 4.42 Å². The number of halogens is 1. The third-order valence-corrected chi connectivity index (χ3v) is 5.93. The zero-order valence-corrected chi connectivity index (χ0v) is 16.2. The number of fused-ring (bicyclic) bond motifs is 3. The van der Waals surface area contributed by atoms with Gasteiger partial charge in [0, 0.05) is 4.47 Å². The summed E-state index contributed by atoms with van der Waals surface area (Å²) in [5.41, 5.74) is 2.12. The van der Waals surface area contributed by atoms with Crippen molar-refractivity contribution >= 4 is 54.7 Å². The minimum absolute atomic E-state index is 0.0233. The molecule has 4 aromatic carbocycles. The summed E-state index contributed by atoms with van der Waals surface area (Å²) in [5, 5.41) is 4.78. The lowest BCUT2D eigenvalue weighted by Crippen LogP contribution is -2.07. The van der Waals surface area contributed by atoms with E-state index in [1.807, 2.05) is 36.4 Å². The molecule has 0 saturated heterocycles. The van der Waals surface area contributed by atoms with E-state index in [9.17, 15) is 9.59 Å². The van der Waals surface area contributed by atoms with Crippen molar-refractivity contribution in [3.05, 3.63) is 93.3 Å². The Bertz CT molecular complexity index is 1410. The maximum absolute atomic E-state index is 12.6. The Morgan fingerprint density at radius 2 is 1.39 bits per heavy atom. The summed E-state index contributed by atoms with van der Waals surface area (Å²) in [5.74, 6) is 0. The summed E-state index contributed by atoms with van der Waals surface area (Å²) in [7, 11) is 0. The summed E-state index contributed by atoms with van der Waals surface area (Å²) in [6.45, 7) is 0. The van der Waals surface area contributed by atoms with Crippen LogP contribution in [0.1, 0.15) is 10.4 Å². The van der Waals surface area contributed by atoms with E-state index >= 15 is 0 Å². The quantitative estimate of drug-likeness (QED) is 0.243. The number of benzene rings is 4. The first-order valence-electron chi connectivity index (χ1n) is 8.79. The summed E-state index contributed by atoms with van der Waals surface area (Å²) in [6, 6.07) is 21.9. The van der Waals surface area contributed by atoms with Crippen molar-refractivity contribution in [2.75, 3.05) is 0 Å². The topological polar surface area (TPSA) is 47.3 Å². The number of hydrogen-bond donors (Lipinski definition) is 0. The molecule has 0 atom stereocenters. The number of hydrogen-bond acceptors (Lipinski definition) is 3. The summed E-state index contributed by atoms with van der Waals surface area (Å²) in [4.78, 5) is 23.8. The normalized spacial score (nSPS) is 11.3. The van der Waals surface area contributed by atoms with Gasteiger partial charge in [-0.2, -0.15) is 0 Å². The van der Waals surface area contributed by atoms with Gasteiger partial charge in [0.05, 0.1) is 10.9 Å². The zero-order chi connectivity index (χ0) is 19.3. The van der Waals surface area contributed by atoms with E-state index in [1.54, 1.807) is 6.07 Å². The number of rotatable bonds is 2. The lowest BCUT2D eigenvalue weighted by Gasteiger charge is -2.14. The molecule has 3 nitrogen and oxygen atoms in total. The molecule has 0 saturated carbocycles. The van der Waals surface area contributed by atoms with E-state index < -0.39 is 0 Å². The molecule has 5 aromatic rings. The summed E-state index contributed by atoms with van der Waals surface area (Å²) >= 11 is 3.76. The Balaban J connectivity index is 1.96. The predicted molar refractivity (Wildman–Crippen MR) is 116 cm³/mol. The lowest BCUT2D eigenvalue weighted by molar-refractivity contribution is 0.112. The highest BCUT2D eigenvalue weighted by Gasteiger charge is 2.15. The molecule has 0 aliphatic heterocycles. The molecule has 0 spiro atoms. The van der Waals surface area contributed by atoms with Gasteiger partial charge in [0.25, 0.3) is 0 Å². The van der Waals surface area contributed by atoms with Crippen molar-refractivity contribution in [2.45, 2.75) is 0 Å². The fourth-order valence-corrected chi connectivity index (χ4v) is 4.46. The first-order valence-corrected chi connectivity index (χ1v) is 9.58. The predicted octanol–water partition coefficient (Wildman–Crippen LogP) is 6.34. The fourth-order valence-electron chi connectivity index (χ4n) is 3.77. The van der Waals surface area contributed by atoms with Crippen molar-refractivity contribution in [1.82, 2.24) is 0 Å². The van der Waals surface area contributed by atoms with Crippen LogP contribution < -0.4 is 5.43 Å². The molecule has 1 aromatic heterocycles. The maximum Gasteiger partial charge on any atom is 0.203 e. The second-order valence-electron chi connectivity index (χ2n) is 6.63. The molecular formula is C24H13BrO3. The van der Waals surface area contributed by atoms with Crippen LogP contribution in [0.3, 0.4) is 0 Å². The first kappa shape index (κ1) is 16.9. The third kappa shape index (κ3) is 2.42. The third-order valence-electron chi connectivity index (χ3n) is 5.08. The second kappa shape index (κ2) is 6.43. The number of carbonyl (C=O) groups excluding carboxylic acids is 1. The van der Waals surface area contributed by atoms with E-state index in [-0.39, 0.29) is 11.0 Å². The van der Waals surface area contributed by atoms with Gasteiger partial charge in [-0.05, 0) is 60.7 Å². The van der Waals surface area contributed by atoms with Gasteiger partial charge in [-0.3, -0.25) is 9.59 Å². The molecule has 4 heteroatoms. The minimum atomic E-state index is -0.316. The number of aldehydes is 1. The SMILES string of the molecule is O=Cc1coc2ccc(-c3c4ccccc4c(Br)c4ccccc34)cc2c1=O. The van der Waals surface area contributed by atoms with Gasteiger partial charge in [0.2, 0.25) is 5.43 Å². The highest BCUT2D eigenvalue weighted by atomic mass is 79.9.